The molecule has 0 atom stereocenters. The summed E-state index contributed by atoms with van der Waals surface area (Å²) >= 11 is 0. The van der Waals surface area contributed by atoms with E-state index >= 15 is 0 Å². The molecule has 0 bridgehead atoms. The van der Waals surface area contributed by atoms with Crippen molar-refractivity contribution < 1.29 is 19.1 Å². The second-order valence-electron chi connectivity index (χ2n) is 3.19. The third-order valence-electron chi connectivity index (χ3n) is 1.92. The topological polar surface area (TPSA) is 52.6 Å². The summed E-state index contributed by atoms with van der Waals surface area (Å²) in [6, 6.07) is 8.28. The summed E-state index contributed by atoms with van der Waals surface area (Å²) in [5, 5.41) is 0. The number of esters is 1. The summed E-state index contributed by atoms with van der Waals surface area (Å²) in [6.07, 6.45) is 1.59. The van der Waals surface area contributed by atoms with Crippen molar-refractivity contribution in [2.24, 2.45) is 0 Å². The van der Waals surface area contributed by atoms with E-state index in [1.54, 1.807) is 36.4 Å². The standard InChI is InChI=1S/C13H14O4/c1-2-8-16-9-10-17-13(15)12(14)11-6-4-3-5-7-11/h2-7H,1,8-10H2. The molecule has 0 aliphatic carbocycles. The van der Waals surface area contributed by atoms with E-state index in [0.29, 0.717) is 12.2 Å². The second kappa shape index (κ2) is 7.35. The van der Waals surface area contributed by atoms with Crippen LogP contribution in [0.25, 0.3) is 0 Å². The lowest BCUT2D eigenvalue weighted by atomic mass is 10.1. The minimum atomic E-state index is -0.863. The van der Waals surface area contributed by atoms with E-state index in [-0.39, 0.29) is 13.2 Å². The molecule has 0 saturated carbocycles. The molecule has 1 rings (SSSR count). The van der Waals surface area contributed by atoms with Gasteiger partial charge >= 0.3 is 5.97 Å². The molecule has 0 amide bonds. The van der Waals surface area contributed by atoms with Crippen molar-refractivity contribution in [1.82, 2.24) is 0 Å². The summed E-state index contributed by atoms with van der Waals surface area (Å²) in [4.78, 5) is 22.9. The van der Waals surface area contributed by atoms with Gasteiger partial charge in [0.1, 0.15) is 6.61 Å². The fraction of sp³-hybridized carbons (Fsp3) is 0.231. The number of carbonyl (C=O) groups excluding carboxylic acids is 2. The predicted molar refractivity (Wildman–Crippen MR) is 62.7 cm³/mol. The number of hydrogen-bond donors (Lipinski definition) is 0. The van der Waals surface area contributed by atoms with Gasteiger partial charge in [-0.2, -0.15) is 0 Å². The maximum atomic E-state index is 11.5. The first-order valence-corrected chi connectivity index (χ1v) is 5.21. The molecule has 4 heteroatoms. The highest BCUT2D eigenvalue weighted by molar-refractivity contribution is 6.40. The molecule has 0 fully saturated rings. The number of rotatable bonds is 7. The van der Waals surface area contributed by atoms with Crippen LogP contribution in [-0.4, -0.2) is 31.6 Å². The van der Waals surface area contributed by atoms with Crippen molar-refractivity contribution in [1.29, 1.82) is 0 Å². The van der Waals surface area contributed by atoms with Crippen molar-refractivity contribution in [3.8, 4) is 0 Å². The fourth-order valence-corrected chi connectivity index (χ4v) is 1.13. The first-order chi connectivity index (χ1) is 8.25. The van der Waals surface area contributed by atoms with Gasteiger partial charge in [0.25, 0.3) is 5.78 Å². The third-order valence-corrected chi connectivity index (χ3v) is 1.92. The molecule has 0 heterocycles. The van der Waals surface area contributed by atoms with E-state index in [1.165, 1.54) is 0 Å². The van der Waals surface area contributed by atoms with Crippen molar-refractivity contribution in [2.45, 2.75) is 0 Å². The van der Waals surface area contributed by atoms with Crippen molar-refractivity contribution in [2.75, 3.05) is 19.8 Å². The molecule has 17 heavy (non-hydrogen) atoms. The van der Waals surface area contributed by atoms with Gasteiger partial charge in [0, 0.05) is 5.56 Å². The van der Waals surface area contributed by atoms with Gasteiger partial charge in [-0.05, 0) is 0 Å². The number of benzene rings is 1. The maximum Gasteiger partial charge on any atom is 0.379 e. The summed E-state index contributed by atoms with van der Waals surface area (Å²) in [5.74, 6) is -1.51. The van der Waals surface area contributed by atoms with Crippen LogP contribution in [0.3, 0.4) is 0 Å². The average Bonchev–Trinajstić information content (AvgIpc) is 2.38. The lowest BCUT2D eigenvalue weighted by Gasteiger charge is -2.04. The third kappa shape index (κ3) is 4.61. The van der Waals surface area contributed by atoms with Gasteiger partial charge < -0.3 is 9.47 Å². The summed E-state index contributed by atoms with van der Waals surface area (Å²) in [7, 11) is 0. The molecule has 0 unspecified atom stereocenters. The molecular weight excluding hydrogens is 220 g/mol. The number of Topliss-reactive ketones (excluding diaryl/α,β-unsaturated/α-hetero) is 1. The molecule has 0 aromatic heterocycles. The van der Waals surface area contributed by atoms with E-state index in [9.17, 15) is 9.59 Å². The van der Waals surface area contributed by atoms with E-state index in [1.807, 2.05) is 0 Å². The quantitative estimate of drug-likeness (QED) is 0.236. The highest BCUT2D eigenvalue weighted by Gasteiger charge is 2.16. The number of carbonyl (C=O) groups is 2. The zero-order chi connectivity index (χ0) is 12.5. The van der Waals surface area contributed by atoms with Crippen LogP contribution in [0.5, 0.6) is 0 Å². The SMILES string of the molecule is C=CCOCCOC(=O)C(=O)c1ccccc1. The lowest BCUT2D eigenvalue weighted by molar-refractivity contribution is -0.139. The molecular formula is C13H14O4. The minimum Gasteiger partial charge on any atom is -0.457 e. The first kappa shape index (κ1) is 13.1. The lowest BCUT2D eigenvalue weighted by Crippen LogP contribution is -2.19. The Kier molecular flexibility index (Phi) is 5.68. The summed E-state index contributed by atoms with van der Waals surface area (Å²) in [5.41, 5.74) is 0.324. The fourth-order valence-electron chi connectivity index (χ4n) is 1.13. The van der Waals surface area contributed by atoms with Crippen LogP contribution < -0.4 is 0 Å². The summed E-state index contributed by atoms with van der Waals surface area (Å²) < 4.78 is 9.77. The number of hydrogen-bond acceptors (Lipinski definition) is 4. The number of ether oxygens (including phenoxy) is 2. The van der Waals surface area contributed by atoms with Gasteiger partial charge in [-0.25, -0.2) is 4.79 Å². The molecule has 0 aliphatic rings. The zero-order valence-corrected chi connectivity index (χ0v) is 9.43. The maximum absolute atomic E-state index is 11.5. The molecule has 0 aliphatic heterocycles. The van der Waals surface area contributed by atoms with Gasteiger partial charge in [-0.1, -0.05) is 36.4 Å². The Labute approximate surface area is 99.8 Å². The highest BCUT2D eigenvalue weighted by Crippen LogP contribution is 2.01. The Morgan fingerprint density at radius 1 is 1.18 bits per heavy atom. The van der Waals surface area contributed by atoms with Crippen molar-refractivity contribution >= 4 is 11.8 Å². The van der Waals surface area contributed by atoms with Crippen LogP contribution in [-0.2, 0) is 14.3 Å². The van der Waals surface area contributed by atoms with Crippen LogP contribution in [0.1, 0.15) is 10.4 Å². The first-order valence-electron chi connectivity index (χ1n) is 5.21. The Morgan fingerprint density at radius 2 is 1.88 bits per heavy atom. The van der Waals surface area contributed by atoms with Gasteiger partial charge in [-0.15, -0.1) is 6.58 Å². The molecule has 1 aromatic rings. The van der Waals surface area contributed by atoms with E-state index < -0.39 is 11.8 Å². The molecule has 1 aromatic carbocycles. The van der Waals surface area contributed by atoms with Crippen LogP contribution in [0, 0.1) is 0 Å². The molecule has 0 N–H and O–H groups in total. The average molecular weight is 234 g/mol. The molecule has 0 radical (unpaired) electrons. The normalized spacial score (nSPS) is 9.65. The Bertz CT molecular complexity index is 384. The van der Waals surface area contributed by atoms with Crippen LogP contribution in [0.2, 0.25) is 0 Å². The van der Waals surface area contributed by atoms with Crippen LogP contribution >= 0.6 is 0 Å². The van der Waals surface area contributed by atoms with Gasteiger partial charge in [0.2, 0.25) is 0 Å². The monoisotopic (exact) mass is 234 g/mol. The van der Waals surface area contributed by atoms with Crippen molar-refractivity contribution in [3.63, 3.8) is 0 Å². The Hall–Kier alpha value is -1.94. The second-order valence-corrected chi connectivity index (χ2v) is 3.19. The van der Waals surface area contributed by atoms with E-state index in [0.717, 1.165) is 0 Å². The minimum absolute atomic E-state index is 0.0608. The summed E-state index contributed by atoms with van der Waals surface area (Å²) in [6.45, 7) is 4.18. The van der Waals surface area contributed by atoms with E-state index in [4.69, 9.17) is 9.47 Å². The smallest absolute Gasteiger partial charge is 0.379 e. The molecule has 0 saturated heterocycles. The van der Waals surface area contributed by atoms with Gasteiger partial charge in [-0.3, -0.25) is 4.79 Å². The van der Waals surface area contributed by atoms with Crippen LogP contribution in [0.4, 0.5) is 0 Å². The predicted octanol–water partition coefficient (Wildman–Crippen LogP) is 1.62. The molecule has 4 nitrogen and oxygen atoms in total. The van der Waals surface area contributed by atoms with Gasteiger partial charge in [0.15, 0.2) is 0 Å². The van der Waals surface area contributed by atoms with E-state index in [2.05, 4.69) is 6.58 Å². The Morgan fingerprint density at radius 3 is 2.53 bits per heavy atom. The zero-order valence-electron chi connectivity index (χ0n) is 9.43. The number of ketones is 1. The highest BCUT2D eigenvalue weighted by atomic mass is 16.6. The van der Waals surface area contributed by atoms with Crippen LogP contribution in [0.15, 0.2) is 43.0 Å². The van der Waals surface area contributed by atoms with Gasteiger partial charge in [0.05, 0.1) is 13.2 Å². The molecule has 90 valence electrons. The van der Waals surface area contributed by atoms with Crippen molar-refractivity contribution in [3.05, 3.63) is 48.6 Å². The molecule has 0 spiro atoms. The Balaban J connectivity index is 2.33. The largest absolute Gasteiger partial charge is 0.457 e.